The monoisotopic (exact) mass is 410 g/mol. The van der Waals surface area contributed by atoms with E-state index in [1.165, 1.54) is 10.9 Å². The summed E-state index contributed by atoms with van der Waals surface area (Å²) in [6, 6.07) is 9.24. The summed E-state index contributed by atoms with van der Waals surface area (Å²) in [5.74, 6) is 0.289. The van der Waals surface area contributed by atoms with Gasteiger partial charge in [0.1, 0.15) is 5.82 Å². The van der Waals surface area contributed by atoms with Crippen molar-refractivity contribution in [2.45, 2.75) is 12.6 Å². The minimum absolute atomic E-state index is 0.127. The maximum absolute atomic E-state index is 13.3. The van der Waals surface area contributed by atoms with E-state index in [0.717, 1.165) is 38.4 Å². The second kappa shape index (κ2) is 10.0. The molecule has 1 atom stereocenters. The number of morpholine rings is 1. The van der Waals surface area contributed by atoms with E-state index in [2.05, 4.69) is 38.0 Å². The zero-order valence-electron chi connectivity index (χ0n) is 15.3. The Balaban J connectivity index is 1.58. The number of hydrogen-bond donors (Lipinski definition) is 2. The fourth-order valence-electron chi connectivity index (χ4n) is 3.03. The number of guanidine groups is 1. The molecule has 5 nitrogen and oxygen atoms in total. The van der Waals surface area contributed by atoms with Crippen LogP contribution in [0, 0.1) is 5.82 Å². The largest absolute Gasteiger partial charge is 0.379 e. The van der Waals surface area contributed by atoms with Crippen LogP contribution in [0.4, 0.5) is 4.39 Å². The van der Waals surface area contributed by atoms with Crippen LogP contribution in [0.3, 0.4) is 0 Å². The molecule has 0 amide bonds. The third-order valence-electron chi connectivity index (χ3n) is 4.49. The normalized spacial score (nSPS) is 16.9. The summed E-state index contributed by atoms with van der Waals surface area (Å²) in [5, 5.41) is 8.89. The fraction of sp³-hybridized carbons (Fsp3) is 0.421. The van der Waals surface area contributed by atoms with Gasteiger partial charge < -0.3 is 15.4 Å². The number of thiophene rings is 1. The zero-order valence-corrected chi connectivity index (χ0v) is 16.8. The van der Waals surface area contributed by atoms with E-state index in [9.17, 15) is 4.39 Å². The third-order valence-corrected chi connectivity index (χ3v) is 5.75. The van der Waals surface area contributed by atoms with Gasteiger partial charge in [-0.15, -0.1) is 11.3 Å². The molecule has 1 saturated heterocycles. The van der Waals surface area contributed by atoms with Gasteiger partial charge in [-0.05, 0) is 29.1 Å². The Morgan fingerprint density at radius 2 is 2.15 bits per heavy atom. The Labute approximate surface area is 168 Å². The molecule has 0 bridgehead atoms. The molecule has 0 spiro atoms. The molecule has 1 aliphatic rings. The predicted molar refractivity (Wildman–Crippen MR) is 109 cm³/mol. The van der Waals surface area contributed by atoms with Crippen molar-refractivity contribution in [3.63, 3.8) is 0 Å². The first-order valence-corrected chi connectivity index (χ1v) is 10.2. The Kier molecular flexibility index (Phi) is 7.46. The lowest BCUT2D eigenvalue weighted by atomic mass is 10.2. The average molecular weight is 411 g/mol. The average Bonchev–Trinajstić information content (AvgIpc) is 3.22. The Hall–Kier alpha value is -1.67. The Morgan fingerprint density at radius 3 is 2.81 bits per heavy atom. The molecule has 3 rings (SSSR count). The molecule has 27 heavy (non-hydrogen) atoms. The van der Waals surface area contributed by atoms with Gasteiger partial charge in [-0.25, -0.2) is 4.39 Å². The Morgan fingerprint density at radius 1 is 1.33 bits per heavy atom. The van der Waals surface area contributed by atoms with Crippen LogP contribution in [0.25, 0.3) is 0 Å². The second-order valence-corrected chi connectivity index (χ2v) is 7.62. The molecular weight excluding hydrogens is 387 g/mol. The van der Waals surface area contributed by atoms with Gasteiger partial charge in [-0.1, -0.05) is 23.7 Å². The number of nitrogens with zero attached hydrogens (tertiary/aromatic N) is 2. The van der Waals surface area contributed by atoms with Gasteiger partial charge in [0, 0.05) is 38.1 Å². The van der Waals surface area contributed by atoms with E-state index in [1.807, 2.05) is 0 Å². The van der Waals surface area contributed by atoms with E-state index in [0.29, 0.717) is 12.5 Å². The number of hydrogen-bond acceptors (Lipinski definition) is 4. The summed E-state index contributed by atoms with van der Waals surface area (Å²) < 4.78 is 18.8. The molecule has 2 N–H and O–H groups in total. The molecule has 1 unspecified atom stereocenters. The first kappa shape index (κ1) is 20.1. The smallest absolute Gasteiger partial charge is 0.191 e. The maximum atomic E-state index is 13.3. The number of aliphatic imine (C=N–C) groups is 1. The number of ether oxygens (including phenoxy) is 1. The lowest BCUT2D eigenvalue weighted by Gasteiger charge is -2.34. The molecule has 1 aromatic carbocycles. The van der Waals surface area contributed by atoms with Gasteiger partial charge in [-0.3, -0.25) is 9.89 Å². The molecule has 146 valence electrons. The van der Waals surface area contributed by atoms with Crippen molar-refractivity contribution in [1.29, 1.82) is 0 Å². The second-order valence-electron chi connectivity index (χ2n) is 6.23. The standard InChI is InChI=1S/C19H24ClFN4OS/c1-22-19(23-12-14-4-5-16(21)15(20)11-14)24-13-17(18-3-2-10-27-18)25-6-8-26-9-7-25/h2-5,10-11,17H,6-9,12-13H2,1H3,(H2,22,23,24). The molecular formula is C19H24ClFN4OS. The summed E-state index contributed by atoms with van der Waals surface area (Å²) in [6.45, 7) is 4.63. The summed E-state index contributed by atoms with van der Waals surface area (Å²) in [5.41, 5.74) is 0.896. The number of nitrogens with one attached hydrogen (secondary N) is 2. The van der Waals surface area contributed by atoms with Crippen molar-refractivity contribution >= 4 is 28.9 Å². The van der Waals surface area contributed by atoms with Crippen molar-refractivity contribution in [1.82, 2.24) is 15.5 Å². The fourth-order valence-corrected chi connectivity index (χ4v) is 4.09. The number of benzene rings is 1. The van der Waals surface area contributed by atoms with Gasteiger partial charge in [0.15, 0.2) is 5.96 Å². The number of rotatable bonds is 6. The zero-order chi connectivity index (χ0) is 19.1. The lowest BCUT2D eigenvalue weighted by Crippen LogP contribution is -2.46. The molecule has 8 heteroatoms. The predicted octanol–water partition coefficient (Wildman–Crippen LogP) is 3.28. The van der Waals surface area contributed by atoms with Gasteiger partial charge in [0.25, 0.3) is 0 Å². The summed E-state index contributed by atoms with van der Waals surface area (Å²) >= 11 is 7.61. The minimum Gasteiger partial charge on any atom is -0.379 e. The molecule has 1 aliphatic heterocycles. The lowest BCUT2D eigenvalue weighted by molar-refractivity contribution is 0.0177. The molecule has 0 radical (unpaired) electrons. The maximum Gasteiger partial charge on any atom is 0.191 e. The van der Waals surface area contributed by atoms with Crippen molar-refractivity contribution in [2.24, 2.45) is 4.99 Å². The van der Waals surface area contributed by atoms with Crippen LogP contribution in [-0.2, 0) is 11.3 Å². The van der Waals surface area contributed by atoms with Crippen LogP contribution in [0.2, 0.25) is 5.02 Å². The topological polar surface area (TPSA) is 48.9 Å². The first-order chi connectivity index (χ1) is 13.2. The van der Waals surface area contributed by atoms with Crippen molar-refractivity contribution in [3.05, 3.63) is 57.0 Å². The molecule has 0 aliphatic carbocycles. The van der Waals surface area contributed by atoms with E-state index in [1.54, 1.807) is 30.5 Å². The molecule has 1 aromatic heterocycles. The molecule has 1 fully saturated rings. The SMILES string of the molecule is CN=C(NCc1ccc(F)c(Cl)c1)NCC(c1cccs1)N1CCOCC1. The van der Waals surface area contributed by atoms with Crippen molar-refractivity contribution in [3.8, 4) is 0 Å². The van der Waals surface area contributed by atoms with Crippen molar-refractivity contribution < 1.29 is 9.13 Å². The van der Waals surface area contributed by atoms with Crippen LogP contribution in [0.1, 0.15) is 16.5 Å². The van der Waals surface area contributed by atoms with Crippen LogP contribution in [0.15, 0.2) is 40.7 Å². The van der Waals surface area contributed by atoms with E-state index in [-0.39, 0.29) is 11.1 Å². The van der Waals surface area contributed by atoms with E-state index >= 15 is 0 Å². The van der Waals surface area contributed by atoms with E-state index in [4.69, 9.17) is 16.3 Å². The van der Waals surface area contributed by atoms with Gasteiger partial charge in [0.05, 0.1) is 24.3 Å². The highest BCUT2D eigenvalue weighted by Gasteiger charge is 2.23. The highest BCUT2D eigenvalue weighted by Crippen LogP contribution is 2.25. The Bertz CT molecular complexity index is 750. The highest BCUT2D eigenvalue weighted by molar-refractivity contribution is 7.10. The summed E-state index contributed by atoms with van der Waals surface area (Å²) in [4.78, 5) is 8.05. The number of halogens is 2. The molecule has 0 saturated carbocycles. The van der Waals surface area contributed by atoms with Crippen LogP contribution >= 0.6 is 22.9 Å². The van der Waals surface area contributed by atoms with E-state index < -0.39 is 5.82 Å². The minimum atomic E-state index is -0.410. The van der Waals surface area contributed by atoms with Gasteiger partial charge >= 0.3 is 0 Å². The van der Waals surface area contributed by atoms with Crippen LogP contribution in [0.5, 0.6) is 0 Å². The first-order valence-electron chi connectivity index (χ1n) is 8.91. The van der Waals surface area contributed by atoms with Crippen LogP contribution in [-0.4, -0.2) is 50.8 Å². The summed E-state index contributed by atoms with van der Waals surface area (Å²) in [6.07, 6.45) is 0. The summed E-state index contributed by atoms with van der Waals surface area (Å²) in [7, 11) is 1.74. The van der Waals surface area contributed by atoms with Gasteiger partial charge in [-0.2, -0.15) is 0 Å². The third kappa shape index (κ3) is 5.65. The van der Waals surface area contributed by atoms with Gasteiger partial charge in [0.2, 0.25) is 0 Å². The molecule has 2 aromatic rings. The van der Waals surface area contributed by atoms with Crippen molar-refractivity contribution in [2.75, 3.05) is 39.9 Å². The van der Waals surface area contributed by atoms with Crippen LogP contribution < -0.4 is 10.6 Å². The quantitative estimate of drug-likeness (QED) is 0.566. The molecule has 2 heterocycles. The highest BCUT2D eigenvalue weighted by atomic mass is 35.5.